The van der Waals surface area contributed by atoms with Crippen LogP contribution in [0.4, 0.5) is 0 Å². The molecule has 2 aliphatic rings. The van der Waals surface area contributed by atoms with Crippen LogP contribution >= 0.6 is 11.8 Å². The maximum absolute atomic E-state index is 13.9. The van der Waals surface area contributed by atoms with Gasteiger partial charge in [0.25, 0.3) is 8.32 Å². The molecule has 328 valence electrons. The van der Waals surface area contributed by atoms with Crippen LogP contribution in [0.5, 0.6) is 0 Å². The van der Waals surface area contributed by atoms with Crippen molar-refractivity contribution in [2.24, 2.45) is 0 Å². The van der Waals surface area contributed by atoms with E-state index in [2.05, 4.69) is 20.8 Å². The zero-order chi connectivity index (χ0) is 43.7. The fourth-order valence-electron chi connectivity index (χ4n) is 8.13. The molecule has 0 spiro atoms. The maximum atomic E-state index is 13.9. The van der Waals surface area contributed by atoms with Gasteiger partial charge in [0, 0.05) is 33.3 Å². The molecule has 0 bridgehead atoms. The molecule has 0 radical (unpaired) electrons. The van der Waals surface area contributed by atoms with E-state index < -0.39 is 80.8 Å². The molecule has 10 atom stereocenters. The topological polar surface area (TPSA) is 158 Å². The Morgan fingerprint density at radius 3 is 1.66 bits per heavy atom. The minimum absolute atomic E-state index is 0.0946. The number of carbonyl (C=O) groups excluding carboxylic acids is 2. The summed E-state index contributed by atoms with van der Waals surface area (Å²) in [7, 11) is 2.93. The molecule has 0 unspecified atom stereocenters. The van der Waals surface area contributed by atoms with Crippen molar-refractivity contribution in [1.82, 2.24) is 0 Å². The van der Waals surface area contributed by atoms with Crippen LogP contribution in [0.2, 0.25) is 5.04 Å². The van der Waals surface area contributed by atoms with Crippen LogP contribution in [0.1, 0.15) is 41.5 Å². The van der Waals surface area contributed by atoms with Crippen molar-refractivity contribution in [2.45, 2.75) is 91.3 Å². The average molecular weight is 877 g/mol. The number of methoxy groups -OCH3 is 4. The average Bonchev–Trinajstić information content (AvgIpc) is 3.28. The predicted octanol–water partition coefficient (Wildman–Crippen LogP) is 4.60. The first-order valence-electron chi connectivity index (χ1n) is 20.1. The van der Waals surface area contributed by atoms with E-state index in [0.717, 1.165) is 15.3 Å². The molecule has 0 amide bonds. The highest BCUT2D eigenvalue weighted by Crippen LogP contribution is 2.39. The van der Waals surface area contributed by atoms with E-state index >= 15 is 0 Å². The van der Waals surface area contributed by atoms with Gasteiger partial charge in [-0.2, -0.15) is 0 Å². The lowest BCUT2D eigenvalue weighted by Gasteiger charge is -2.46. The Hall–Kier alpha value is -3.97. The molecule has 6 rings (SSSR count). The normalized spacial score (nSPS) is 27.0. The smallest absolute Gasteiger partial charge is 0.339 e. The highest BCUT2D eigenvalue weighted by molar-refractivity contribution is 7.99. The summed E-state index contributed by atoms with van der Waals surface area (Å²) in [6.07, 6.45) is -9.52. The second kappa shape index (κ2) is 20.9. The van der Waals surface area contributed by atoms with Crippen LogP contribution in [0.25, 0.3) is 0 Å². The van der Waals surface area contributed by atoms with Crippen molar-refractivity contribution >= 4 is 42.4 Å². The van der Waals surface area contributed by atoms with Gasteiger partial charge in [0.1, 0.15) is 54.8 Å². The fraction of sp³-hybridized carbons (Fsp3) is 0.435. The maximum Gasteiger partial charge on any atom is 0.339 e. The van der Waals surface area contributed by atoms with Crippen LogP contribution in [-0.2, 0) is 42.3 Å². The zero-order valence-electron chi connectivity index (χ0n) is 35.5. The summed E-state index contributed by atoms with van der Waals surface area (Å²) < 4.78 is 54.1. The number of esters is 2. The van der Waals surface area contributed by atoms with Crippen molar-refractivity contribution in [3.05, 3.63) is 126 Å². The monoisotopic (exact) mass is 876 g/mol. The number of aliphatic hydroxyl groups is 2. The van der Waals surface area contributed by atoms with E-state index in [-0.39, 0.29) is 29.4 Å². The minimum atomic E-state index is -3.05. The summed E-state index contributed by atoms with van der Waals surface area (Å²) >= 11 is 1.44. The van der Waals surface area contributed by atoms with Gasteiger partial charge in [-0.05, 0) is 39.7 Å². The molecule has 15 heteroatoms. The molecule has 2 aliphatic heterocycles. The molecule has 0 saturated carbocycles. The van der Waals surface area contributed by atoms with E-state index in [0.29, 0.717) is 0 Å². The van der Waals surface area contributed by atoms with E-state index in [1.165, 1.54) is 38.1 Å². The van der Waals surface area contributed by atoms with Gasteiger partial charge in [0.15, 0.2) is 12.4 Å². The molecule has 2 fully saturated rings. The van der Waals surface area contributed by atoms with E-state index in [4.69, 9.17) is 42.3 Å². The number of hydrogen-bond donors (Lipinski definition) is 2. The summed E-state index contributed by atoms with van der Waals surface area (Å²) in [5.41, 5.74) is -0.770. The van der Waals surface area contributed by atoms with E-state index in [9.17, 15) is 19.8 Å². The summed E-state index contributed by atoms with van der Waals surface area (Å²) in [6.45, 7) is 6.04. The lowest BCUT2D eigenvalue weighted by molar-refractivity contribution is -0.292. The third-order valence-electron chi connectivity index (χ3n) is 11.1. The Labute approximate surface area is 362 Å². The third kappa shape index (κ3) is 10.1. The zero-order valence-corrected chi connectivity index (χ0v) is 37.3. The molecule has 13 nitrogen and oxygen atoms in total. The summed E-state index contributed by atoms with van der Waals surface area (Å²) in [4.78, 5) is 28.5. The second-order valence-corrected chi connectivity index (χ2v) is 21.3. The Bertz CT molecular complexity index is 1960. The first-order valence-corrected chi connectivity index (χ1v) is 22.9. The van der Waals surface area contributed by atoms with E-state index in [1.54, 1.807) is 26.4 Å². The predicted molar refractivity (Wildman–Crippen MR) is 231 cm³/mol. The first kappa shape index (κ1) is 46.5. The van der Waals surface area contributed by atoms with Gasteiger partial charge in [0.05, 0.1) is 17.7 Å². The van der Waals surface area contributed by atoms with Crippen LogP contribution in [0.15, 0.2) is 120 Å². The standard InChI is InChI=1S/C46H56O13SSi/c1-46(2,3)61(30-21-13-9-14-22-30,31-23-15-10-16-24-31)56-28-34-36(47)37(48)39(44(54-7)57-34)59-43(50)33-26-18-17-25-32(33)42(49)55-27-35-38(51-4)40(52-5)41(53-6)45(58-35)60-29-19-11-8-12-20-29/h8-26,34-41,44-45,47-48H,27-28H2,1-7H3/t34-,35-,36-,37+,38-,39-,40+,41-,44+,45+/m1/s1. The number of benzene rings is 4. The van der Waals surface area contributed by atoms with Gasteiger partial charge in [-0.15, -0.1) is 0 Å². The van der Waals surface area contributed by atoms with Crippen molar-refractivity contribution in [3.63, 3.8) is 0 Å². The molecular formula is C46H56O13SSi. The van der Waals surface area contributed by atoms with Gasteiger partial charge in [-0.25, -0.2) is 9.59 Å². The Morgan fingerprint density at radius 1 is 0.607 bits per heavy atom. The van der Waals surface area contributed by atoms with Gasteiger partial charge >= 0.3 is 11.9 Å². The molecule has 4 aromatic rings. The lowest BCUT2D eigenvalue weighted by Crippen LogP contribution is -2.68. The molecule has 2 heterocycles. The number of hydrogen-bond acceptors (Lipinski definition) is 14. The largest absolute Gasteiger partial charge is 0.459 e. The number of rotatable bonds is 16. The Balaban J connectivity index is 1.15. The molecule has 0 aliphatic carbocycles. The van der Waals surface area contributed by atoms with Crippen molar-refractivity contribution < 1.29 is 62.1 Å². The van der Waals surface area contributed by atoms with Crippen LogP contribution in [0.3, 0.4) is 0 Å². The van der Waals surface area contributed by atoms with Gasteiger partial charge in [0.2, 0.25) is 0 Å². The number of thioether (sulfide) groups is 1. The molecule has 0 aromatic heterocycles. The fourth-order valence-corrected chi connectivity index (χ4v) is 13.9. The van der Waals surface area contributed by atoms with E-state index in [1.807, 2.05) is 91.0 Å². The van der Waals surface area contributed by atoms with Crippen LogP contribution < -0.4 is 10.4 Å². The number of ether oxygens (including phenoxy) is 8. The van der Waals surface area contributed by atoms with Gasteiger partial charge in [-0.1, -0.05) is 124 Å². The molecular weight excluding hydrogens is 821 g/mol. The lowest BCUT2D eigenvalue weighted by atomic mass is 9.99. The SMILES string of the molecule is CO[C@H]1O[C@H](CO[Si](c2ccccc2)(c2ccccc2)C(C)(C)C)[C@@H](O)[C@H](O)[C@H]1OC(=O)c1ccccc1C(=O)OC[C@H]1O[C@@H](Sc2ccccc2)[C@H](OC)[C@@H](OC)[C@@H]1OC. The number of carbonyl (C=O) groups is 2. The van der Waals surface area contributed by atoms with Crippen molar-refractivity contribution in [2.75, 3.05) is 41.7 Å². The summed E-state index contributed by atoms with van der Waals surface area (Å²) in [6, 6.07) is 35.6. The van der Waals surface area contributed by atoms with Gasteiger partial charge < -0.3 is 52.5 Å². The molecule has 61 heavy (non-hydrogen) atoms. The van der Waals surface area contributed by atoms with Gasteiger partial charge in [-0.3, -0.25) is 0 Å². The Morgan fingerprint density at radius 2 is 1.13 bits per heavy atom. The minimum Gasteiger partial charge on any atom is -0.459 e. The third-order valence-corrected chi connectivity index (χ3v) is 17.3. The Kier molecular flexibility index (Phi) is 16.0. The molecule has 2 saturated heterocycles. The van der Waals surface area contributed by atoms with Crippen LogP contribution in [0, 0.1) is 0 Å². The van der Waals surface area contributed by atoms with Crippen molar-refractivity contribution in [1.29, 1.82) is 0 Å². The molecule has 2 N–H and O–H groups in total. The quantitative estimate of drug-likeness (QED) is 0.119. The summed E-state index contributed by atoms with van der Waals surface area (Å²) in [5.74, 6) is -1.80. The van der Waals surface area contributed by atoms with Crippen LogP contribution in [-0.4, -0.2) is 133 Å². The molecule has 4 aromatic carbocycles. The highest BCUT2D eigenvalue weighted by Gasteiger charge is 2.53. The number of aliphatic hydroxyl groups excluding tert-OH is 2. The van der Waals surface area contributed by atoms with Crippen molar-refractivity contribution in [3.8, 4) is 0 Å². The first-order chi connectivity index (χ1) is 29.4. The highest BCUT2D eigenvalue weighted by atomic mass is 32.2. The summed E-state index contributed by atoms with van der Waals surface area (Å²) in [5, 5.41) is 24.7. The second-order valence-electron chi connectivity index (χ2n) is 15.8.